The fourth-order valence-corrected chi connectivity index (χ4v) is 2.14. The van der Waals surface area contributed by atoms with Crippen LogP contribution in [0.3, 0.4) is 0 Å². The highest BCUT2D eigenvalue weighted by atomic mass is 35.5. The molecule has 0 aliphatic heterocycles. The molecule has 14 heavy (non-hydrogen) atoms. The Morgan fingerprint density at radius 2 is 2.50 bits per heavy atom. The van der Waals surface area contributed by atoms with Crippen molar-refractivity contribution < 1.29 is 9.90 Å². The maximum Gasteiger partial charge on any atom is 0.326 e. The molecule has 0 amide bonds. The van der Waals surface area contributed by atoms with E-state index in [2.05, 4.69) is 10.3 Å². The zero-order valence-corrected chi connectivity index (χ0v) is 8.81. The topological polar surface area (TPSA) is 62.2 Å². The third-order valence-corrected chi connectivity index (χ3v) is 3.21. The Balaban J connectivity index is 2.03. The highest BCUT2D eigenvalue weighted by Crippen LogP contribution is 2.35. The van der Waals surface area contributed by atoms with Crippen molar-refractivity contribution in [2.45, 2.75) is 18.9 Å². The average molecular weight is 233 g/mol. The van der Waals surface area contributed by atoms with E-state index in [4.69, 9.17) is 16.7 Å². The predicted octanol–water partition coefficient (Wildman–Crippen LogP) is 2.07. The molecule has 2 rings (SSSR count). The molecule has 1 atom stereocenters. The second-order valence-corrected chi connectivity index (χ2v) is 4.52. The van der Waals surface area contributed by atoms with Crippen LogP contribution in [0.15, 0.2) is 5.38 Å². The van der Waals surface area contributed by atoms with Gasteiger partial charge in [0.1, 0.15) is 11.2 Å². The van der Waals surface area contributed by atoms with Crippen LogP contribution in [0.25, 0.3) is 0 Å². The largest absolute Gasteiger partial charge is 0.480 e. The van der Waals surface area contributed by atoms with E-state index < -0.39 is 12.0 Å². The molecule has 1 aliphatic carbocycles. The number of carboxylic acid groups (broad SMARTS) is 1. The van der Waals surface area contributed by atoms with Crippen LogP contribution in [0.2, 0.25) is 5.15 Å². The molecule has 0 saturated heterocycles. The Morgan fingerprint density at radius 3 is 2.93 bits per heavy atom. The summed E-state index contributed by atoms with van der Waals surface area (Å²) in [6, 6.07) is -0.516. The number of rotatable bonds is 4. The number of nitrogens with zero attached hydrogens (tertiary/aromatic N) is 1. The van der Waals surface area contributed by atoms with Crippen molar-refractivity contribution in [1.82, 2.24) is 4.98 Å². The smallest absolute Gasteiger partial charge is 0.326 e. The summed E-state index contributed by atoms with van der Waals surface area (Å²) in [5.74, 6) is -0.575. The van der Waals surface area contributed by atoms with Crippen molar-refractivity contribution in [3.63, 3.8) is 0 Å². The van der Waals surface area contributed by atoms with E-state index in [0.717, 1.165) is 12.8 Å². The first kappa shape index (κ1) is 9.73. The van der Waals surface area contributed by atoms with Gasteiger partial charge in [0, 0.05) is 5.38 Å². The van der Waals surface area contributed by atoms with Crippen LogP contribution in [-0.2, 0) is 4.79 Å². The maximum atomic E-state index is 10.9. The lowest BCUT2D eigenvalue weighted by molar-refractivity contribution is -0.138. The van der Waals surface area contributed by atoms with Crippen molar-refractivity contribution in [2.24, 2.45) is 5.92 Å². The summed E-state index contributed by atoms with van der Waals surface area (Å²) < 4.78 is 0. The van der Waals surface area contributed by atoms with E-state index >= 15 is 0 Å². The summed E-state index contributed by atoms with van der Waals surface area (Å²) in [5, 5.41) is 14.5. The first-order valence-corrected chi connectivity index (χ1v) is 5.53. The van der Waals surface area contributed by atoms with Crippen molar-refractivity contribution in [2.75, 3.05) is 5.32 Å². The number of halogens is 1. The van der Waals surface area contributed by atoms with Gasteiger partial charge in [0.25, 0.3) is 0 Å². The number of carboxylic acids is 1. The van der Waals surface area contributed by atoms with E-state index in [1.165, 1.54) is 11.3 Å². The minimum atomic E-state index is -0.821. The van der Waals surface area contributed by atoms with E-state index in [1.807, 2.05) is 0 Å². The molecule has 1 aliphatic rings. The van der Waals surface area contributed by atoms with E-state index in [0.29, 0.717) is 10.3 Å². The van der Waals surface area contributed by atoms with Crippen molar-refractivity contribution in [3.8, 4) is 0 Å². The van der Waals surface area contributed by atoms with Gasteiger partial charge in [0.05, 0.1) is 0 Å². The van der Waals surface area contributed by atoms with Gasteiger partial charge in [-0.3, -0.25) is 0 Å². The molecule has 4 nitrogen and oxygen atoms in total. The van der Waals surface area contributed by atoms with Gasteiger partial charge in [-0.2, -0.15) is 0 Å². The lowest BCUT2D eigenvalue weighted by atomic mass is 10.2. The molecule has 1 unspecified atom stereocenters. The van der Waals surface area contributed by atoms with Crippen LogP contribution < -0.4 is 5.32 Å². The first-order valence-electron chi connectivity index (χ1n) is 4.27. The molecule has 2 N–H and O–H groups in total. The Bertz CT molecular complexity index is 351. The third kappa shape index (κ3) is 2.16. The molecule has 0 spiro atoms. The Labute approximate surface area is 89.9 Å². The fraction of sp³-hybridized carbons (Fsp3) is 0.500. The molecule has 76 valence electrons. The summed E-state index contributed by atoms with van der Waals surface area (Å²) in [7, 11) is 0. The zero-order chi connectivity index (χ0) is 10.1. The van der Waals surface area contributed by atoms with Crippen LogP contribution >= 0.6 is 22.9 Å². The zero-order valence-electron chi connectivity index (χ0n) is 7.24. The normalized spacial score (nSPS) is 17.8. The van der Waals surface area contributed by atoms with Gasteiger partial charge in [-0.1, -0.05) is 11.6 Å². The number of hydrogen-bond donors (Lipinski definition) is 2. The van der Waals surface area contributed by atoms with Gasteiger partial charge in [0.2, 0.25) is 0 Å². The van der Waals surface area contributed by atoms with E-state index in [1.54, 1.807) is 5.38 Å². The molecule has 1 heterocycles. The molecular weight excluding hydrogens is 224 g/mol. The number of thiazole rings is 1. The second-order valence-electron chi connectivity index (χ2n) is 3.27. The van der Waals surface area contributed by atoms with Gasteiger partial charge in [-0.15, -0.1) is 11.3 Å². The average Bonchev–Trinajstić information content (AvgIpc) is 2.86. The number of aromatic nitrogens is 1. The van der Waals surface area contributed by atoms with Gasteiger partial charge >= 0.3 is 5.97 Å². The van der Waals surface area contributed by atoms with Gasteiger partial charge in [-0.25, -0.2) is 9.78 Å². The van der Waals surface area contributed by atoms with Crippen LogP contribution in [0, 0.1) is 5.92 Å². The quantitative estimate of drug-likeness (QED) is 0.834. The molecule has 1 fully saturated rings. The van der Waals surface area contributed by atoms with Gasteiger partial charge < -0.3 is 10.4 Å². The highest BCUT2D eigenvalue weighted by molar-refractivity contribution is 7.14. The number of aliphatic carboxylic acids is 1. The lowest BCUT2D eigenvalue weighted by Crippen LogP contribution is -2.31. The summed E-state index contributed by atoms with van der Waals surface area (Å²) >= 11 is 6.95. The Morgan fingerprint density at radius 1 is 1.79 bits per heavy atom. The second kappa shape index (κ2) is 3.74. The predicted molar refractivity (Wildman–Crippen MR) is 54.9 cm³/mol. The SMILES string of the molecule is O=C(O)C(Nc1nc(Cl)cs1)C1CC1. The summed E-state index contributed by atoms with van der Waals surface area (Å²) in [6.45, 7) is 0. The summed E-state index contributed by atoms with van der Waals surface area (Å²) in [5.41, 5.74) is 0. The molecule has 0 radical (unpaired) electrons. The molecule has 1 saturated carbocycles. The van der Waals surface area contributed by atoms with Crippen LogP contribution in [-0.4, -0.2) is 22.1 Å². The standard InChI is InChI=1S/C8H9ClN2O2S/c9-5-3-14-8(10-5)11-6(7(12)13)4-1-2-4/h3-4,6H,1-2H2,(H,10,11)(H,12,13). The van der Waals surface area contributed by atoms with Crippen LogP contribution in [0.5, 0.6) is 0 Å². The van der Waals surface area contributed by atoms with Gasteiger partial charge in [-0.05, 0) is 18.8 Å². The molecular formula is C8H9ClN2O2S. The molecule has 0 bridgehead atoms. The number of anilines is 1. The van der Waals surface area contributed by atoms with Gasteiger partial charge in [0.15, 0.2) is 5.13 Å². The first-order chi connectivity index (χ1) is 6.66. The minimum absolute atomic E-state index is 0.246. The van der Waals surface area contributed by atoms with Crippen LogP contribution in [0.1, 0.15) is 12.8 Å². The third-order valence-electron chi connectivity index (χ3n) is 2.11. The van der Waals surface area contributed by atoms with Crippen LogP contribution in [0.4, 0.5) is 5.13 Å². The Hall–Kier alpha value is -0.810. The fourth-order valence-electron chi connectivity index (χ4n) is 1.26. The Kier molecular flexibility index (Phi) is 2.60. The highest BCUT2D eigenvalue weighted by Gasteiger charge is 2.36. The molecule has 0 aromatic carbocycles. The maximum absolute atomic E-state index is 10.9. The molecule has 1 aromatic heterocycles. The number of hydrogen-bond acceptors (Lipinski definition) is 4. The number of nitrogens with one attached hydrogen (secondary N) is 1. The van der Waals surface area contributed by atoms with Crippen molar-refractivity contribution in [1.29, 1.82) is 0 Å². The van der Waals surface area contributed by atoms with E-state index in [9.17, 15) is 4.79 Å². The summed E-state index contributed by atoms with van der Waals surface area (Å²) in [6.07, 6.45) is 1.95. The van der Waals surface area contributed by atoms with Crippen molar-refractivity contribution >= 4 is 34.0 Å². The lowest BCUT2D eigenvalue weighted by Gasteiger charge is -2.11. The van der Waals surface area contributed by atoms with Crippen molar-refractivity contribution in [3.05, 3.63) is 10.5 Å². The molecule has 1 aromatic rings. The van der Waals surface area contributed by atoms with E-state index in [-0.39, 0.29) is 5.92 Å². The number of carbonyl (C=O) groups is 1. The molecule has 6 heteroatoms. The monoisotopic (exact) mass is 232 g/mol. The minimum Gasteiger partial charge on any atom is -0.480 e. The summed E-state index contributed by atoms with van der Waals surface area (Å²) in [4.78, 5) is 14.8.